The topological polar surface area (TPSA) is 57.6 Å². The van der Waals surface area contributed by atoms with Crippen molar-refractivity contribution in [1.82, 2.24) is 4.90 Å². The Morgan fingerprint density at radius 3 is 2.25 bits per heavy atom. The van der Waals surface area contributed by atoms with Crippen LogP contribution in [0.15, 0.2) is 36.4 Å². The van der Waals surface area contributed by atoms with Crippen molar-refractivity contribution in [3.05, 3.63) is 58.9 Å². The summed E-state index contributed by atoms with van der Waals surface area (Å²) in [5, 5.41) is 8.66. The third-order valence-corrected chi connectivity index (χ3v) is 4.05. The SMILES string of the molecule is Cc1ccc(-c2ccc(C(=O)N(C)CCC(=O)O)c(F)c2)cc1C. The number of aliphatic carboxylic acids is 1. The first-order valence-corrected chi connectivity index (χ1v) is 7.64. The number of hydrogen-bond acceptors (Lipinski definition) is 2. The Balaban J connectivity index is 2.24. The van der Waals surface area contributed by atoms with Crippen LogP contribution in [0.5, 0.6) is 0 Å². The lowest BCUT2D eigenvalue weighted by Crippen LogP contribution is -2.29. The number of carbonyl (C=O) groups excluding carboxylic acids is 1. The molecule has 4 nitrogen and oxygen atoms in total. The van der Waals surface area contributed by atoms with Gasteiger partial charge in [-0.25, -0.2) is 4.39 Å². The molecule has 0 aromatic heterocycles. The zero-order chi connectivity index (χ0) is 17.9. The van der Waals surface area contributed by atoms with Crippen LogP contribution in [0.2, 0.25) is 0 Å². The van der Waals surface area contributed by atoms with Gasteiger partial charge in [0.15, 0.2) is 0 Å². The van der Waals surface area contributed by atoms with Crippen LogP contribution in [0.4, 0.5) is 4.39 Å². The maximum absolute atomic E-state index is 14.4. The van der Waals surface area contributed by atoms with E-state index in [9.17, 15) is 14.0 Å². The number of carbonyl (C=O) groups is 2. The lowest BCUT2D eigenvalue weighted by molar-refractivity contribution is -0.137. The predicted molar refractivity (Wildman–Crippen MR) is 90.5 cm³/mol. The molecule has 2 aromatic rings. The number of carboxylic acids is 1. The molecule has 2 aromatic carbocycles. The Morgan fingerprint density at radius 2 is 1.67 bits per heavy atom. The summed E-state index contributed by atoms with van der Waals surface area (Å²) in [6.07, 6.45) is -0.176. The number of benzene rings is 2. The van der Waals surface area contributed by atoms with E-state index in [2.05, 4.69) is 0 Å². The molecule has 0 bridgehead atoms. The number of carboxylic acid groups (broad SMARTS) is 1. The maximum atomic E-state index is 14.4. The van der Waals surface area contributed by atoms with E-state index in [0.29, 0.717) is 5.56 Å². The van der Waals surface area contributed by atoms with E-state index in [0.717, 1.165) is 16.7 Å². The molecule has 0 unspecified atom stereocenters. The van der Waals surface area contributed by atoms with Crippen molar-refractivity contribution >= 4 is 11.9 Å². The second kappa shape index (κ2) is 7.25. The fraction of sp³-hybridized carbons (Fsp3) is 0.263. The molecule has 0 aliphatic heterocycles. The molecule has 0 saturated carbocycles. The number of amides is 1. The van der Waals surface area contributed by atoms with Gasteiger partial charge in [-0.3, -0.25) is 9.59 Å². The van der Waals surface area contributed by atoms with Crippen molar-refractivity contribution in [2.75, 3.05) is 13.6 Å². The van der Waals surface area contributed by atoms with E-state index in [1.165, 1.54) is 24.1 Å². The van der Waals surface area contributed by atoms with Gasteiger partial charge in [0, 0.05) is 13.6 Å². The molecule has 2 rings (SSSR count). The second-order valence-corrected chi connectivity index (χ2v) is 5.86. The standard InChI is InChI=1S/C19H20FNO3/c1-12-4-5-14(10-13(12)2)15-6-7-16(17(20)11-15)19(24)21(3)9-8-18(22)23/h4-7,10-11H,8-9H2,1-3H3,(H,22,23). The summed E-state index contributed by atoms with van der Waals surface area (Å²) >= 11 is 0. The minimum Gasteiger partial charge on any atom is -0.481 e. The number of nitrogens with zero attached hydrogens (tertiary/aromatic N) is 1. The summed E-state index contributed by atoms with van der Waals surface area (Å²) in [4.78, 5) is 24.0. The molecule has 0 aliphatic carbocycles. The van der Waals surface area contributed by atoms with Gasteiger partial charge in [0.25, 0.3) is 5.91 Å². The third-order valence-electron chi connectivity index (χ3n) is 4.05. The predicted octanol–water partition coefficient (Wildman–Crippen LogP) is 3.66. The van der Waals surface area contributed by atoms with E-state index in [1.54, 1.807) is 6.07 Å². The number of aryl methyl sites for hydroxylation is 2. The zero-order valence-electron chi connectivity index (χ0n) is 14.0. The van der Waals surface area contributed by atoms with Crippen LogP contribution < -0.4 is 0 Å². The van der Waals surface area contributed by atoms with E-state index in [1.807, 2.05) is 32.0 Å². The first kappa shape index (κ1) is 17.7. The molecule has 0 saturated heterocycles. The lowest BCUT2D eigenvalue weighted by Gasteiger charge is -2.17. The molecule has 0 aliphatic rings. The van der Waals surface area contributed by atoms with Gasteiger partial charge < -0.3 is 10.0 Å². The first-order chi connectivity index (χ1) is 11.3. The first-order valence-electron chi connectivity index (χ1n) is 7.64. The largest absolute Gasteiger partial charge is 0.481 e. The zero-order valence-corrected chi connectivity index (χ0v) is 14.0. The summed E-state index contributed by atoms with van der Waals surface area (Å²) in [6.45, 7) is 4.03. The molecule has 1 amide bonds. The fourth-order valence-electron chi connectivity index (χ4n) is 2.36. The van der Waals surface area contributed by atoms with Gasteiger partial charge in [-0.1, -0.05) is 24.3 Å². The lowest BCUT2D eigenvalue weighted by atomic mass is 9.99. The summed E-state index contributed by atoms with van der Waals surface area (Å²) in [5.74, 6) is -2.14. The Morgan fingerprint density at radius 1 is 1.04 bits per heavy atom. The summed E-state index contributed by atoms with van der Waals surface area (Å²) in [7, 11) is 1.46. The minimum absolute atomic E-state index is 0.0342. The normalized spacial score (nSPS) is 10.5. The summed E-state index contributed by atoms with van der Waals surface area (Å²) in [6, 6.07) is 10.3. The number of hydrogen-bond donors (Lipinski definition) is 1. The van der Waals surface area contributed by atoms with Crippen LogP contribution in [0, 0.1) is 19.7 Å². The van der Waals surface area contributed by atoms with Crippen LogP contribution in [0.1, 0.15) is 27.9 Å². The molecule has 1 N–H and O–H groups in total. The molecule has 0 spiro atoms. The van der Waals surface area contributed by atoms with Crippen LogP contribution >= 0.6 is 0 Å². The van der Waals surface area contributed by atoms with Gasteiger partial charge in [-0.05, 0) is 48.2 Å². The molecule has 0 fully saturated rings. The Labute approximate surface area is 140 Å². The molecule has 0 radical (unpaired) electrons. The monoisotopic (exact) mass is 329 g/mol. The molecule has 0 heterocycles. The average Bonchev–Trinajstić information content (AvgIpc) is 2.54. The molecular weight excluding hydrogens is 309 g/mol. The van der Waals surface area contributed by atoms with E-state index in [4.69, 9.17) is 5.11 Å². The van der Waals surface area contributed by atoms with Crippen molar-refractivity contribution in [2.45, 2.75) is 20.3 Å². The molecule has 0 atom stereocenters. The van der Waals surface area contributed by atoms with Crippen LogP contribution in [-0.2, 0) is 4.79 Å². The van der Waals surface area contributed by atoms with Crippen molar-refractivity contribution in [1.29, 1.82) is 0 Å². The van der Waals surface area contributed by atoms with Crippen molar-refractivity contribution in [3.8, 4) is 11.1 Å². The van der Waals surface area contributed by atoms with E-state index >= 15 is 0 Å². The highest BCUT2D eigenvalue weighted by atomic mass is 19.1. The van der Waals surface area contributed by atoms with Crippen molar-refractivity contribution in [3.63, 3.8) is 0 Å². The van der Waals surface area contributed by atoms with Gasteiger partial charge in [0.1, 0.15) is 5.82 Å². The maximum Gasteiger partial charge on any atom is 0.305 e. The molecule has 5 heteroatoms. The Bertz CT molecular complexity index is 786. The van der Waals surface area contributed by atoms with E-state index < -0.39 is 17.7 Å². The second-order valence-electron chi connectivity index (χ2n) is 5.86. The molecular formula is C19H20FNO3. The number of halogens is 1. The van der Waals surface area contributed by atoms with Crippen molar-refractivity contribution < 1.29 is 19.1 Å². The highest BCUT2D eigenvalue weighted by molar-refractivity contribution is 5.95. The summed E-state index contributed by atoms with van der Waals surface area (Å²) < 4.78 is 14.4. The highest BCUT2D eigenvalue weighted by Crippen LogP contribution is 2.24. The molecule has 24 heavy (non-hydrogen) atoms. The van der Waals surface area contributed by atoms with Gasteiger partial charge >= 0.3 is 5.97 Å². The van der Waals surface area contributed by atoms with Crippen LogP contribution in [0.25, 0.3) is 11.1 Å². The van der Waals surface area contributed by atoms with E-state index in [-0.39, 0.29) is 18.5 Å². The third kappa shape index (κ3) is 3.98. The molecule has 126 valence electrons. The smallest absolute Gasteiger partial charge is 0.305 e. The highest BCUT2D eigenvalue weighted by Gasteiger charge is 2.17. The number of rotatable bonds is 5. The van der Waals surface area contributed by atoms with Crippen LogP contribution in [-0.4, -0.2) is 35.5 Å². The van der Waals surface area contributed by atoms with Gasteiger partial charge in [-0.2, -0.15) is 0 Å². The Hall–Kier alpha value is -2.69. The quantitative estimate of drug-likeness (QED) is 0.911. The van der Waals surface area contributed by atoms with Gasteiger partial charge in [0.2, 0.25) is 0 Å². The minimum atomic E-state index is -1.000. The van der Waals surface area contributed by atoms with Crippen LogP contribution in [0.3, 0.4) is 0 Å². The average molecular weight is 329 g/mol. The summed E-state index contributed by atoms with van der Waals surface area (Å²) in [5.41, 5.74) is 3.79. The van der Waals surface area contributed by atoms with Crippen molar-refractivity contribution in [2.24, 2.45) is 0 Å². The fourth-order valence-corrected chi connectivity index (χ4v) is 2.36. The van der Waals surface area contributed by atoms with Gasteiger partial charge in [-0.15, -0.1) is 0 Å². The van der Waals surface area contributed by atoms with Gasteiger partial charge in [0.05, 0.1) is 12.0 Å². The Kier molecular flexibility index (Phi) is 5.34.